The van der Waals surface area contributed by atoms with Crippen molar-refractivity contribution in [3.05, 3.63) is 35.9 Å². The molecular formula is C19H29N3. The number of rotatable bonds is 3. The summed E-state index contributed by atoms with van der Waals surface area (Å²) in [5.41, 5.74) is 8.60. The van der Waals surface area contributed by atoms with Crippen LogP contribution in [0.4, 0.5) is 0 Å². The second-order valence-corrected chi connectivity index (χ2v) is 7.84. The molecule has 3 nitrogen and oxygen atoms in total. The number of benzene rings is 1. The van der Waals surface area contributed by atoms with Gasteiger partial charge in [-0.15, -0.1) is 0 Å². The van der Waals surface area contributed by atoms with Crippen molar-refractivity contribution in [1.82, 2.24) is 9.80 Å². The largest absolute Gasteiger partial charge is 0.325 e. The van der Waals surface area contributed by atoms with Crippen LogP contribution in [0, 0.1) is 0 Å². The quantitative estimate of drug-likeness (QED) is 0.931. The first-order chi connectivity index (χ1) is 10.7. The lowest BCUT2D eigenvalue weighted by molar-refractivity contribution is -0.0457. The zero-order valence-electron chi connectivity index (χ0n) is 13.6. The molecule has 3 heteroatoms. The highest BCUT2D eigenvalue weighted by Crippen LogP contribution is 2.48. The molecule has 0 radical (unpaired) electrons. The van der Waals surface area contributed by atoms with E-state index in [9.17, 15) is 0 Å². The molecule has 1 aliphatic heterocycles. The molecule has 3 aliphatic carbocycles. The second kappa shape index (κ2) is 5.63. The third-order valence-electron chi connectivity index (χ3n) is 6.56. The monoisotopic (exact) mass is 299 g/mol. The first kappa shape index (κ1) is 14.7. The SMILES string of the molecule is NC12CCC(N3CCN(Cc4ccccc4)CC3)(CC1)CC2. The normalized spacial score (nSPS) is 36.6. The van der Waals surface area contributed by atoms with Crippen LogP contribution in [0.5, 0.6) is 0 Å². The number of fused-ring (bicyclic) bond motifs is 3. The molecule has 1 heterocycles. The molecule has 2 N–H and O–H groups in total. The average Bonchev–Trinajstić information content (AvgIpc) is 2.58. The summed E-state index contributed by atoms with van der Waals surface area (Å²) in [7, 11) is 0. The highest BCUT2D eigenvalue weighted by atomic mass is 15.3. The lowest BCUT2D eigenvalue weighted by atomic mass is 9.61. The van der Waals surface area contributed by atoms with E-state index in [-0.39, 0.29) is 5.54 Å². The van der Waals surface area contributed by atoms with Crippen LogP contribution in [0.25, 0.3) is 0 Å². The molecule has 1 aromatic rings. The van der Waals surface area contributed by atoms with Gasteiger partial charge in [-0.2, -0.15) is 0 Å². The zero-order valence-corrected chi connectivity index (χ0v) is 13.6. The van der Waals surface area contributed by atoms with E-state index in [0.29, 0.717) is 5.54 Å². The number of hydrogen-bond donors (Lipinski definition) is 1. The summed E-state index contributed by atoms with van der Waals surface area (Å²) in [6.07, 6.45) is 7.75. The Morgan fingerprint density at radius 3 is 2.00 bits per heavy atom. The molecule has 2 bridgehead atoms. The topological polar surface area (TPSA) is 32.5 Å². The van der Waals surface area contributed by atoms with Gasteiger partial charge in [0, 0.05) is 43.8 Å². The van der Waals surface area contributed by atoms with E-state index in [0.717, 1.165) is 6.54 Å². The highest BCUT2D eigenvalue weighted by Gasteiger charge is 2.49. The van der Waals surface area contributed by atoms with Crippen LogP contribution in [-0.2, 0) is 6.54 Å². The Balaban J connectivity index is 1.34. The number of hydrogen-bond acceptors (Lipinski definition) is 3. The van der Waals surface area contributed by atoms with E-state index in [4.69, 9.17) is 5.73 Å². The summed E-state index contributed by atoms with van der Waals surface area (Å²) in [4.78, 5) is 5.43. The molecule has 22 heavy (non-hydrogen) atoms. The molecule has 0 spiro atoms. The lowest BCUT2D eigenvalue weighted by Gasteiger charge is -2.58. The van der Waals surface area contributed by atoms with Crippen LogP contribution in [0.1, 0.15) is 44.1 Å². The standard InChI is InChI=1S/C19H29N3/c20-18-6-9-19(10-7-18,11-8-18)22-14-12-21(13-15-22)16-17-4-2-1-3-5-17/h1-5H,6-16,20H2. The van der Waals surface area contributed by atoms with Gasteiger partial charge in [-0.1, -0.05) is 30.3 Å². The van der Waals surface area contributed by atoms with Gasteiger partial charge in [0.05, 0.1) is 0 Å². The van der Waals surface area contributed by atoms with Crippen LogP contribution < -0.4 is 5.73 Å². The van der Waals surface area contributed by atoms with E-state index in [1.165, 1.54) is 70.3 Å². The summed E-state index contributed by atoms with van der Waals surface area (Å²) in [5, 5.41) is 0. The van der Waals surface area contributed by atoms with Gasteiger partial charge in [0.2, 0.25) is 0 Å². The number of piperazine rings is 1. The molecule has 4 aliphatic rings. The molecule has 120 valence electrons. The minimum Gasteiger partial charge on any atom is -0.325 e. The summed E-state index contributed by atoms with van der Waals surface area (Å²) in [6, 6.07) is 10.9. The van der Waals surface area contributed by atoms with Crippen molar-refractivity contribution in [2.45, 2.75) is 56.1 Å². The fraction of sp³-hybridized carbons (Fsp3) is 0.684. The highest BCUT2D eigenvalue weighted by molar-refractivity contribution is 5.15. The Kier molecular flexibility index (Phi) is 3.75. The third kappa shape index (κ3) is 2.70. The summed E-state index contributed by atoms with van der Waals surface area (Å²) >= 11 is 0. The predicted octanol–water partition coefficient (Wildman–Crippen LogP) is 2.61. The maximum atomic E-state index is 6.47. The number of nitrogens with two attached hydrogens (primary N) is 1. The Hall–Kier alpha value is -0.900. The Bertz CT molecular complexity index is 480. The van der Waals surface area contributed by atoms with Gasteiger partial charge in [-0.25, -0.2) is 0 Å². The van der Waals surface area contributed by atoms with Crippen molar-refractivity contribution in [1.29, 1.82) is 0 Å². The minimum atomic E-state index is 0.191. The van der Waals surface area contributed by atoms with E-state index in [1.807, 2.05) is 0 Å². The van der Waals surface area contributed by atoms with Gasteiger partial charge in [0.15, 0.2) is 0 Å². The van der Waals surface area contributed by atoms with E-state index < -0.39 is 0 Å². The maximum Gasteiger partial charge on any atom is 0.0234 e. The number of nitrogens with zero attached hydrogens (tertiary/aromatic N) is 2. The molecule has 4 fully saturated rings. The average molecular weight is 299 g/mol. The molecule has 5 rings (SSSR count). The van der Waals surface area contributed by atoms with Crippen LogP contribution >= 0.6 is 0 Å². The summed E-state index contributed by atoms with van der Waals surface area (Å²) in [5.74, 6) is 0. The Labute approximate surface area is 134 Å². The summed E-state index contributed by atoms with van der Waals surface area (Å²) < 4.78 is 0. The Morgan fingerprint density at radius 1 is 0.818 bits per heavy atom. The van der Waals surface area contributed by atoms with Gasteiger partial charge >= 0.3 is 0 Å². The van der Waals surface area contributed by atoms with Gasteiger partial charge < -0.3 is 5.73 Å². The fourth-order valence-electron chi connectivity index (χ4n) is 4.89. The Morgan fingerprint density at radius 2 is 1.41 bits per heavy atom. The maximum absolute atomic E-state index is 6.47. The van der Waals surface area contributed by atoms with Crippen molar-refractivity contribution in [3.63, 3.8) is 0 Å². The second-order valence-electron chi connectivity index (χ2n) is 7.84. The van der Waals surface area contributed by atoms with Gasteiger partial charge in [-0.3, -0.25) is 9.80 Å². The molecule has 1 aromatic carbocycles. The zero-order chi connectivity index (χ0) is 15.0. The van der Waals surface area contributed by atoms with Crippen LogP contribution in [-0.4, -0.2) is 47.1 Å². The van der Waals surface area contributed by atoms with Gasteiger partial charge in [0.1, 0.15) is 0 Å². The van der Waals surface area contributed by atoms with Crippen molar-refractivity contribution < 1.29 is 0 Å². The molecule has 0 atom stereocenters. The molecular weight excluding hydrogens is 270 g/mol. The van der Waals surface area contributed by atoms with Crippen LogP contribution in [0.15, 0.2) is 30.3 Å². The van der Waals surface area contributed by atoms with Gasteiger partial charge in [-0.05, 0) is 44.1 Å². The predicted molar refractivity (Wildman–Crippen MR) is 90.6 cm³/mol. The van der Waals surface area contributed by atoms with Crippen molar-refractivity contribution in [2.24, 2.45) is 5.73 Å². The lowest BCUT2D eigenvalue weighted by Crippen LogP contribution is -2.64. The van der Waals surface area contributed by atoms with Crippen molar-refractivity contribution >= 4 is 0 Å². The first-order valence-corrected chi connectivity index (χ1v) is 8.98. The third-order valence-corrected chi connectivity index (χ3v) is 6.56. The van der Waals surface area contributed by atoms with Crippen molar-refractivity contribution in [2.75, 3.05) is 26.2 Å². The van der Waals surface area contributed by atoms with Gasteiger partial charge in [0.25, 0.3) is 0 Å². The fourth-order valence-corrected chi connectivity index (χ4v) is 4.89. The molecule has 0 unspecified atom stereocenters. The minimum absolute atomic E-state index is 0.191. The smallest absolute Gasteiger partial charge is 0.0234 e. The summed E-state index contributed by atoms with van der Waals surface area (Å²) in [6.45, 7) is 6.01. The molecule has 0 amide bonds. The van der Waals surface area contributed by atoms with Crippen LogP contribution in [0.3, 0.4) is 0 Å². The van der Waals surface area contributed by atoms with E-state index in [2.05, 4.69) is 40.1 Å². The molecule has 0 aromatic heterocycles. The first-order valence-electron chi connectivity index (χ1n) is 8.98. The molecule has 3 saturated carbocycles. The molecule has 1 saturated heterocycles. The van der Waals surface area contributed by atoms with Crippen LogP contribution in [0.2, 0.25) is 0 Å². The van der Waals surface area contributed by atoms with E-state index >= 15 is 0 Å². The van der Waals surface area contributed by atoms with Crippen molar-refractivity contribution in [3.8, 4) is 0 Å². The van der Waals surface area contributed by atoms with E-state index in [1.54, 1.807) is 0 Å².